The zero-order chi connectivity index (χ0) is 21.3. The number of nitrogens with one attached hydrogen (secondary N) is 2. The van der Waals surface area contributed by atoms with Gasteiger partial charge in [-0.1, -0.05) is 36.4 Å². The fourth-order valence-corrected chi connectivity index (χ4v) is 3.12. The van der Waals surface area contributed by atoms with Crippen molar-refractivity contribution in [1.82, 2.24) is 10.3 Å². The minimum Gasteiger partial charge on any atom is -0.454 e. The summed E-state index contributed by atoms with van der Waals surface area (Å²) in [6.45, 7) is 0.0854. The van der Waals surface area contributed by atoms with Gasteiger partial charge in [-0.2, -0.15) is 13.2 Å². The fourth-order valence-electron chi connectivity index (χ4n) is 3.12. The maximum atomic E-state index is 12.8. The second-order valence-corrected chi connectivity index (χ2v) is 6.54. The van der Waals surface area contributed by atoms with E-state index in [1.165, 1.54) is 0 Å². The summed E-state index contributed by atoms with van der Waals surface area (Å²) >= 11 is 0. The highest BCUT2D eigenvalue weighted by Gasteiger charge is 2.32. The van der Waals surface area contributed by atoms with Crippen molar-refractivity contribution in [3.63, 3.8) is 0 Å². The molecule has 30 heavy (non-hydrogen) atoms. The second kappa shape index (κ2) is 7.58. The molecular weight excluding hydrogens is 401 g/mol. The topological polar surface area (TPSA) is 80.4 Å². The van der Waals surface area contributed by atoms with Crippen LogP contribution in [-0.4, -0.2) is 17.7 Å². The number of halogens is 3. The molecule has 2 aromatic carbocycles. The lowest BCUT2D eigenvalue weighted by Crippen LogP contribution is -2.34. The van der Waals surface area contributed by atoms with Crippen molar-refractivity contribution in [1.29, 1.82) is 0 Å². The first-order chi connectivity index (χ1) is 14.3. The SMILES string of the molecule is O=C(NC(c1ccccc1)c1ccc2c(c1)OCO2)c1ccc(C(F)(F)F)[nH]c1=O. The van der Waals surface area contributed by atoms with Gasteiger partial charge in [0.25, 0.3) is 11.5 Å². The fraction of sp³-hybridized carbons (Fsp3) is 0.143. The van der Waals surface area contributed by atoms with Crippen LogP contribution in [-0.2, 0) is 6.18 Å². The lowest BCUT2D eigenvalue weighted by molar-refractivity contribution is -0.141. The second-order valence-electron chi connectivity index (χ2n) is 6.54. The maximum Gasteiger partial charge on any atom is 0.431 e. The number of aromatic amines is 1. The average molecular weight is 416 g/mol. The Morgan fingerprint density at radius 2 is 1.70 bits per heavy atom. The number of amides is 1. The van der Waals surface area contributed by atoms with E-state index in [2.05, 4.69) is 5.32 Å². The number of pyridine rings is 1. The van der Waals surface area contributed by atoms with Crippen LogP contribution < -0.4 is 20.3 Å². The van der Waals surface area contributed by atoms with Crippen molar-refractivity contribution in [2.75, 3.05) is 6.79 Å². The molecule has 1 aliphatic rings. The molecule has 2 heterocycles. The Hall–Kier alpha value is -3.75. The van der Waals surface area contributed by atoms with E-state index < -0.39 is 34.9 Å². The number of ether oxygens (including phenoxy) is 2. The van der Waals surface area contributed by atoms with Crippen LogP contribution in [0.1, 0.15) is 33.2 Å². The molecule has 4 rings (SSSR count). The van der Waals surface area contributed by atoms with Gasteiger partial charge in [0.2, 0.25) is 6.79 Å². The highest BCUT2D eigenvalue weighted by Crippen LogP contribution is 2.35. The molecule has 2 N–H and O–H groups in total. The minimum atomic E-state index is -4.72. The maximum absolute atomic E-state index is 12.8. The summed E-state index contributed by atoms with van der Waals surface area (Å²) in [4.78, 5) is 26.5. The van der Waals surface area contributed by atoms with Gasteiger partial charge in [0.1, 0.15) is 11.3 Å². The predicted octanol–water partition coefficient (Wildman–Crippen LogP) is 3.64. The third kappa shape index (κ3) is 3.86. The van der Waals surface area contributed by atoms with Crippen LogP contribution >= 0.6 is 0 Å². The Kier molecular flexibility index (Phi) is 4.94. The molecule has 0 aliphatic carbocycles. The number of benzene rings is 2. The number of H-pyrrole nitrogens is 1. The molecule has 0 saturated heterocycles. The van der Waals surface area contributed by atoms with Crippen molar-refractivity contribution in [2.24, 2.45) is 0 Å². The summed E-state index contributed by atoms with van der Waals surface area (Å²) in [6, 6.07) is 14.9. The van der Waals surface area contributed by atoms with E-state index in [1.807, 2.05) is 6.07 Å². The zero-order valence-corrected chi connectivity index (χ0v) is 15.3. The first-order valence-electron chi connectivity index (χ1n) is 8.89. The van der Waals surface area contributed by atoms with Gasteiger partial charge in [-0.25, -0.2) is 0 Å². The van der Waals surface area contributed by atoms with Crippen LogP contribution in [0.2, 0.25) is 0 Å². The zero-order valence-electron chi connectivity index (χ0n) is 15.3. The van der Waals surface area contributed by atoms with Crippen LogP contribution in [0.15, 0.2) is 65.5 Å². The van der Waals surface area contributed by atoms with Gasteiger partial charge in [0.15, 0.2) is 11.5 Å². The van der Waals surface area contributed by atoms with Crippen LogP contribution in [0.25, 0.3) is 0 Å². The lowest BCUT2D eigenvalue weighted by atomic mass is 9.98. The van der Waals surface area contributed by atoms with E-state index in [0.717, 1.165) is 6.07 Å². The standard InChI is InChI=1S/C21H15F3N2O4/c22-21(23,24)17-9-7-14(19(27)25-17)20(28)26-18(12-4-2-1-3-5-12)13-6-8-15-16(10-13)30-11-29-15/h1-10,18H,11H2,(H,25,27)(H,26,28). The summed E-state index contributed by atoms with van der Waals surface area (Å²) in [5.74, 6) is 0.266. The highest BCUT2D eigenvalue weighted by molar-refractivity contribution is 5.94. The number of alkyl halides is 3. The van der Waals surface area contributed by atoms with E-state index in [-0.39, 0.29) is 6.79 Å². The quantitative estimate of drug-likeness (QED) is 0.681. The van der Waals surface area contributed by atoms with E-state index in [9.17, 15) is 22.8 Å². The summed E-state index contributed by atoms with van der Waals surface area (Å²) < 4.78 is 49.0. The van der Waals surface area contributed by atoms with Crippen LogP contribution in [0, 0.1) is 0 Å². The Morgan fingerprint density at radius 1 is 0.967 bits per heavy atom. The number of rotatable bonds is 4. The molecule has 1 aromatic heterocycles. The Balaban J connectivity index is 1.67. The van der Waals surface area contributed by atoms with Crippen molar-refractivity contribution in [3.8, 4) is 11.5 Å². The number of carbonyl (C=O) groups excluding carboxylic acids is 1. The van der Waals surface area contributed by atoms with Crippen molar-refractivity contribution < 1.29 is 27.4 Å². The van der Waals surface area contributed by atoms with Gasteiger partial charge in [0.05, 0.1) is 6.04 Å². The first kappa shape index (κ1) is 19.6. The highest BCUT2D eigenvalue weighted by atomic mass is 19.4. The number of carbonyl (C=O) groups is 1. The van der Waals surface area contributed by atoms with E-state index in [4.69, 9.17) is 9.47 Å². The third-order valence-electron chi connectivity index (χ3n) is 4.60. The lowest BCUT2D eigenvalue weighted by Gasteiger charge is -2.20. The molecule has 6 nitrogen and oxygen atoms in total. The summed E-state index contributed by atoms with van der Waals surface area (Å²) in [5, 5.41) is 2.72. The van der Waals surface area contributed by atoms with Crippen molar-refractivity contribution in [3.05, 3.63) is 93.4 Å². The number of aromatic nitrogens is 1. The normalized spacial score (nSPS) is 13.7. The van der Waals surface area contributed by atoms with E-state index in [1.54, 1.807) is 47.4 Å². The molecule has 0 radical (unpaired) electrons. The largest absolute Gasteiger partial charge is 0.454 e. The van der Waals surface area contributed by atoms with Gasteiger partial charge in [-0.15, -0.1) is 0 Å². The molecule has 1 amide bonds. The number of fused-ring (bicyclic) bond motifs is 1. The summed E-state index contributed by atoms with van der Waals surface area (Å²) in [6.07, 6.45) is -4.72. The van der Waals surface area contributed by atoms with Crippen LogP contribution in [0.5, 0.6) is 11.5 Å². The molecule has 0 fully saturated rings. The Bertz CT molecular complexity index is 1140. The van der Waals surface area contributed by atoms with Crippen molar-refractivity contribution in [2.45, 2.75) is 12.2 Å². The molecule has 9 heteroatoms. The molecular formula is C21H15F3N2O4. The molecule has 0 spiro atoms. The minimum absolute atomic E-state index is 0.0854. The first-order valence-corrected chi connectivity index (χ1v) is 8.89. The van der Waals surface area contributed by atoms with Crippen molar-refractivity contribution >= 4 is 5.91 Å². The molecule has 1 unspecified atom stereocenters. The number of hydrogen-bond acceptors (Lipinski definition) is 4. The van der Waals surface area contributed by atoms with Gasteiger partial charge < -0.3 is 19.8 Å². The smallest absolute Gasteiger partial charge is 0.431 e. The predicted molar refractivity (Wildman–Crippen MR) is 100 cm³/mol. The molecule has 1 aliphatic heterocycles. The average Bonchev–Trinajstić information content (AvgIpc) is 3.19. The Labute approximate surface area is 168 Å². The van der Waals surface area contributed by atoms with Gasteiger partial charge >= 0.3 is 6.18 Å². The van der Waals surface area contributed by atoms with E-state index in [0.29, 0.717) is 28.7 Å². The Morgan fingerprint density at radius 3 is 2.40 bits per heavy atom. The molecule has 1 atom stereocenters. The van der Waals surface area contributed by atoms with Gasteiger partial charge in [0, 0.05) is 0 Å². The third-order valence-corrected chi connectivity index (χ3v) is 4.60. The summed E-state index contributed by atoms with van der Waals surface area (Å²) in [7, 11) is 0. The van der Waals surface area contributed by atoms with Gasteiger partial charge in [-0.3, -0.25) is 9.59 Å². The molecule has 154 valence electrons. The molecule has 0 saturated carbocycles. The molecule has 0 bridgehead atoms. The van der Waals surface area contributed by atoms with Gasteiger partial charge in [-0.05, 0) is 35.4 Å². The number of hydrogen-bond donors (Lipinski definition) is 2. The van der Waals surface area contributed by atoms with Crippen LogP contribution in [0.3, 0.4) is 0 Å². The summed E-state index contributed by atoms with van der Waals surface area (Å²) in [5.41, 5.74) is -1.40. The monoisotopic (exact) mass is 416 g/mol. The van der Waals surface area contributed by atoms with Crippen LogP contribution in [0.4, 0.5) is 13.2 Å². The molecule has 3 aromatic rings. The van der Waals surface area contributed by atoms with E-state index >= 15 is 0 Å².